The van der Waals surface area contributed by atoms with Crippen LogP contribution in [-0.4, -0.2) is 0 Å². The molecule has 0 heterocycles. The molecule has 0 bridgehead atoms. The van der Waals surface area contributed by atoms with Gasteiger partial charge >= 0.3 is 0 Å². The van der Waals surface area contributed by atoms with Gasteiger partial charge in [-0.05, 0) is 30.6 Å². The molecule has 1 atom stereocenters. The summed E-state index contributed by atoms with van der Waals surface area (Å²) in [5, 5.41) is 0. The van der Waals surface area contributed by atoms with Crippen LogP contribution in [-0.2, 0) is 0 Å². The molecule has 0 aliphatic heterocycles. The first-order valence-electron chi connectivity index (χ1n) is 5.50. The normalized spacial score (nSPS) is 30.4. The fourth-order valence-electron chi connectivity index (χ4n) is 2.64. The lowest BCUT2D eigenvalue weighted by molar-refractivity contribution is 0.243. The minimum Gasteiger partial charge on any atom is -0.0877 e. The van der Waals surface area contributed by atoms with E-state index in [-0.39, 0.29) is 0 Å². The number of rotatable bonds is 0. The molecule has 0 saturated heterocycles. The Hall–Kier alpha value is -0.260. The van der Waals surface area contributed by atoms with Crippen LogP contribution in [0.5, 0.6) is 0 Å². The van der Waals surface area contributed by atoms with Gasteiger partial charge in [0.05, 0.1) is 0 Å². The van der Waals surface area contributed by atoms with Crippen LogP contribution in [0.15, 0.2) is 12.2 Å². The first-order chi connectivity index (χ1) is 5.83. The van der Waals surface area contributed by atoms with E-state index >= 15 is 0 Å². The molecule has 2 aliphatic rings. The van der Waals surface area contributed by atoms with Crippen molar-refractivity contribution in [3.05, 3.63) is 12.2 Å². The summed E-state index contributed by atoms with van der Waals surface area (Å²) in [6, 6.07) is 0. The molecule has 12 heavy (non-hydrogen) atoms. The van der Waals surface area contributed by atoms with E-state index < -0.39 is 0 Å². The summed E-state index contributed by atoms with van der Waals surface area (Å²) in [7, 11) is 0. The van der Waals surface area contributed by atoms with Crippen LogP contribution in [0.4, 0.5) is 0 Å². The summed E-state index contributed by atoms with van der Waals surface area (Å²) < 4.78 is 0. The highest BCUT2D eigenvalue weighted by atomic mass is 14.4. The summed E-state index contributed by atoms with van der Waals surface area (Å²) >= 11 is 0. The van der Waals surface area contributed by atoms with Gasteiger partial charge in [0.1, 0.15) is 0 Å². The largest absolute Gasteiger partial charge is 0.0877 e. The third kappa shape index (κ3) is 1.57. The molecule has 1 fully saturated rings. The molecule has 1 unspecified atom stereocenters. The molecule has 0 N–H and O–H groups in total. The molecular weight excluding hydrogens is 144 g/mol. The van der Waals surface area contributed by atoms with Crippen LogP contribution in [0.2, 0.25) is 0 Å². The van der Waals surface area contributed by atoms with Gasteiger partial charge in [0.15, 0.2) is 0 Å². The van der Waals surface area contributed by atoms with E-state index in [1.54, 1.807) is 0 Å². The monoisotopic (exact) mass is 166 g/mol. The SMILES string of the molecule is CC.CC1C=CCC12CCCC2. The van der Waals surface area contributed by atoms with E-state index in [9.17, 15) is 0 Å². The molecule has 2 rings (SSSR count). The van der Waals surface area contributed by atoms with Gasteiger partial charge in [-0.2, -0.15) is 0 Å². The molecule has 0 radical (unpaired) electrons. The maximum Gasteiger partial charge on any atom is -0.0202 e. The molecule has 1 spiro atoms. The topological polar surface area (TPSA) is 0 Å². The zero-order valence-electron chi connectivity index (χ0n) is 8.77. The Balaban J connectivity index is 0.000000336. The predicted octanol–water partition coefficient (Wildman–Crippen LogP) is 4.17. The third-order valence-electron chi connectivity index (χ3n) is 3.51. The zero-order valence-corrected chi connectivity index (χ0v) is 8.77. The van der Waals surface area contributed by atoms with Crippen molar-refractivity contribution in [3.8, 4) is 0 Å². The lowest BCUT2D eigenvalue weighted by Crippen LogP contribution is -2.19. The van der Waals surface area contributed by atoms with Crippen LogP contribution in [0.1, 0.15) is 52.9 Å². The van der Waals surface area contributed by atoms with Gasteiger partial charge in [0.25, 0.3) is 0 Å². The zero-order chi connectivity index (χ0) is 9.03. The highest BCUT2D eigenvalue weighted by Crippen LogP contribution is 2.50. The van der Waals surface area contributed by atoms with Crippen molar-refractivity contribution in [3.63, 3.8) is 0 Å². The van der Waals surface area contributed by atoms with Gasteiger partial charge in [-0.3, -0.25) is 0 Å². The van der Waals surface area contributed by atoms with Crippen molar-refractivity contribution in [2.75, 3.05) is 0 Å². The summed E-state index contributed by atoms with van der Waals surface area (Å²) in [4.78, 5) is 0. The van der Waals surface area contributed by atoms with E-state index in [4.69, 9.17) is 0 Å². The molecule has 0 aromatic heterocycles. The molecule has 0 nitrogen and oxygen atoms in total. The molecule has 0 aromatic rings. The summed E-state index contributed by atoms with van der Waals surface area (Å²) in [5.74, 6) is 0.870. The van der Waals surface area contributed by atoms with Crippen LogP contribution in [0.3, 0.4) is 0 Å². The Morgan fingerprint density at radius 2 is 1.75 bits per heavy atom. The second-order valence-electron chi connectivity index (χ2n) is 3.99. The van der Waals surface area contributed by atoms with Gasteiger partial charge in [-0.15, -0.1) is 0 Å². The van der Waals surface area contributed by atoms with E-state index in [0.717, 1.165) is 11.3 Å². The van der Waals surface area contributed by atoms with Crippen molar-refractivity contribution in [2.45, 2.75) is 52.9 Å². The maximum atomic E-state index is 2.41. The van der Waals surface area contributed by atoms with E-state index in [2.05, 4.69) is 19.1 Å². The fourth-order valence-corrected chi connectivity index (χ4v) is 2.64. The van der Waals surface area contributed by atoms with E-state index in [1.165, 1.54) is 32.1 Å². The number of hydrogen-bond donors (Lipinski definition) is 0. The van der Waals surface area contributed by atoms with Gasteiger partial charge in [0, 0.05) is 0 Å². The minimum absolute atomic E-state index is 0.736. The minimum atomic E-state index is 0.736. The molecular formula is C12H22. The molecule has 70 valence electrons. The third-order valence-corrected chi connectivity index (χ3v) is 3.51. The first-order valence-corrected chi connectivity index (χ1v) is 5.50. The highest BCUT2D eigenvalue weighted by molar-refractivity contribution is 5.08. The van der Waals surface area contributed by atoms with Gasteiger partial charge in [-0.25, -0.2) is 0 Å². The Morgan fingerprint density at radius 1 is 1.17 bits per heavy atom. The van der Waals surface area contributed by atoms with Gasteiger partial charge < -0.3 is 0 Å². The quantitative estimate of drug-likeness (QED) is 0.474. The Bertz CT molecular complexity index is 149. The Labute approximate surface area is 77.1 Å². The van der Waals surface area contributed by atoms with Crippen molar-refractivity contribution in [1.82, 2.24) is 0 Å². The molecule has 0 amide bonds. The van der Waals surface area contributed by atoms with Crippen molar-refractivity contribution >= 4 is 0 Å². The van der Waals surface area contributed by atoms with Crippen molar-refractivity contribution in [1.29, 1.82) is 0 Å². The standard InChI is InChI=1S/C10H16.C2H6/c1-9-5-4-8-10(9)6-2-3-7-10;1-2/h4-5,9H,2-3,6-8H2,1H3;1-2H3. The van der Waals surface area contributed by atoms with Crippen molar-refractivity contribution in [2.24, 2.45) is 11.3 Å². The lowest BCUT2D eigenvalue weighted by Gasteiger charge is -2.28. The van der Waals surface area contributed by atoms with Crippen LogP contribution in [0.25, 0.3) is 0 Å². The van der Waals surface area contributed by atoms with Gasteiger partial charge in [-0.1, -0.05) is 45.8 Å². The summed E-state index contributed by atoms with van der Waals surface area (Å²) in [5.41, 5.74) is 0.736. The van der Waals surface area contributed by atoms with E-state index in [0.29, 0.717) is 0 Å². The average Bonchev–Trinajstić information content (AvgIpc) is 2.70. The maximum absolute atomic E-state index is 2.41. The molecule has 0 heteroatoms. The molecule has 1 saturated carbocycles. The van der Waals surface area contributed by atoms with E-state index in [1.807, 2.05) is 13.8 Å². The van der Waals surface area contributed by atoms with Crippen LogP contribution < -0.4 is 0 Å². The lowest BCUT2D eigenvalue weighted by atomic mass is 9.77. The molecule has 0 aromatic carbocycles. The summed E-state index contributed by atoms with van der Waals surface area (Å²) in [6.07, 6.45) is 12.1. The smallest absolute Gasteiger partial charge is 0.0202 e. The van der Waals surface area contributed by atoms with Crippen LogP contribution >= 0.6 is 0 Å². The number of allylic oxidation sites excluding steroid dienone is 2. The number of hydrogen-bond acceptors (Lipinski definition) is 0. The highest BCUT2D eigenvalue weighted by Gasteiger charge is 2.39. The fraction of sp³-hybridized carbons (Fsp3) is 0.833. The second kappa shape index (κ2) is 4.11. The predicted molar refractivity (Wildman–Crippen MR) is 55.2 cm³/mol. The van der Waals surface area contributed by atoms with Crippen LogP contribution in [0, 0.1) is 11.3 Å². The summed E-state index contributed by atoms with van der Waals surface area (Å²) in [6.45, 7) is 6.38. The average molecular weight is 166 g/mol. The second-order valence-corrected chi connectivity index (χ2v) is 3.99. The Morgan fingerprint density at radius 3 is 2.17 bits per heavy atom. The first kappa shape index (κ1) is 9.83. The Kier molecular flexibility index (Phi) is 3.37. The molecule has 2 aliphatic carbocycles. The van der Waals surface area contributed by atoms with Crippen molar-refractivity contribution < 1.29 is 0 Å². The van der Waals surface area contributed by atoms with Gasteiger partial charge in [0.2, 0.25) is 0 Å².